The predicted molar refractivity (Wildman–Crippen MR) is 132 cm³/mol. The van der Waals surface area contributed by atoms with Crippen LogP contribution in [0.5, 0.6) is 5.75 Å². The second kappa shape index (κ2) is 15.3. The topological polar surface area (TPSA) is 50.1 Å². The molecule has 0 aliphatic carbocycles. The lowest BCUT2D eigenvalue weighted by molar-refractivity contribution is -0.109. The fourth-order valence-electron chi connectivity index (χ4n) is 3.21. The largest absolute Gasteiger partial charge is 0.494 e. The number of ether oxygens (including phenoxy) is 1. The molecule has 0 saturated carbocycles. The van der Waals surface area contributed by atoms with Crippen LogP contribution in [0, 0.1) is 11.3 Å². The minimum Gasteiger partial charge on any atom is -0.494 e. The van der Waals surface area contributed by atoms with Crippen LogP contribution in [-0.2, 0) is 4.79 Å². The summed E-state index contributed by atoms with van der Waals surface area (Å²) in [5, 5.41) is 9.08. The van der Waals surface area contributed by atoms with Crippen molar-refractivity contribution in [3.63, 3.8) is 0 Å². The summed E-state index contributed by atoms with van der Waals surface area (Å²) in [5.41, 5.74) is 2.87. The van der Waals surface area contributed by atoms with Gasteiger partial charge in [0.1, 0.15) is 5.75 Å². The first-order valence-electron chi connectivity index (χ1n) is 11.2. The van der Waals surface area contributed by atoms with Gasteiger partial charge in [-0.3, -0.25) is 4.79 Å². The van der Waals surface area contributed by atoms with E-state index in [4.69, 9.17) is 10.00 Å². The molecule has 2 aromatic rings. The molecule has 0 N–H and O–H groups in total. The molecule has 0 fully saturated rings. The molecule has 0 atom stereocenters. The first-order chi connectivity index (χ1) is 15.2. The number of hydrogen-bond donors (Lipinski definition) is 0. The summed E-state index contributed by atoms with van der Waals surface area (Å²) >= 11 is 1.44. The number of rotatable bonds is 14. The van der Waals surface area contributed by atoms with E-state index in [0.29, 0.717) is 5.56 Å². The van der Waals surface area contributed by atoms with Crippen molar-refractivity contribution in [3.05, 3.63) is 65.2 Å². The van der Waals surface area contributed by atoms with Gasteiger partial charge in [0.2, 0.25) is 0 Å². The Morgan fingerprint density at radius 2 is 1.35 bits per heavy atom. The Labute approximate surface area is 191 Å². The van der Waals surface area contributed by atoms with Crippen molar-refractivity contribution >= 4 is 29.0 Å². The third-order valence-electron chi connectivity index (χ3n) is 5.00. The molecule has 31 heavy (non-hydrogen) atoms. The van der Waals surface area contributed by atoms with Gasteiger partial charge in [0.05, 0.1) is 18.2 Å². The second-order valence-corrected chi connectivity index (χ2v) is 8.92. The van der Waals surface area contributed by atoms with E-state index in [-0.39, 0.29) is 5.12 Å². The summed E-state index contributed by atoms with van der Waals surface area (Å²) in [6.07, 6.45) is 13.9. The van der Waals surface area contributed by atoms with Crippen molar-refractivity contribution < 1.29 is 9.53 Å². The first kappa shape index (κ1) is 24.8. The lowest BCUT2D eigenvalue weighted by atomic mass is 10.1. The van der Waals surface area contributed by atoms with Crippen LogP contribution in [0.3, 0.4) is 0 Å². The Kier molecular flexibility index (Phi) is 12.2. The molecule has 0 radical (unpaired) electrons. The van der Waals surface area contributed by atoms with Crippen molar-refractivity contribution in [2.45, 2.75) is 58.3 Å². The highest BCUT2D eigenvalue weighted by Crippen LogP contribution is 2.16. The number of thioether (sulfide) groups is 1. The molecule has 0 amide bonds. The molecule has 0 aliphatic heterocycles. The first-order valence-corrected chi connectivity index (χ1v) is 12.2. The number of carbonyl (C=O) groups excluding carboxylic acids is 1. The van der Waals surface area contributed by atoms with Gasteiger partial charge in [0.15, 0.2) is 5.12 Å². The van der Waals surface area contributed by atoms with Crippen LogP contribution in [0.25, 0.3) is 12.2 Å². The minimum absolute atomic E-state index is 0.231. The lowest BCUT2D eigenvalue weighted by Gasteiger charge is -2.06. The summed E-state index contributed by atoms with van der Waals surface area (Å²) < 4.78 is 5.86. The van der Waals surface area contributed by atoms with Crippen molar-refractivity contribution in [2.75, 3.05) is 12.4 Å². The SMILES string of the molecule is CC(=O)SCCCCCCCCCCOc1ccc(/C=C\c2ccc(C#N)cc2)cc1. The molecule has 0 unspecified atom stereocenters. The van der Waals surface area contributed by atoms with Crippen LogP contribution >= 0.6 is 11.8 Å². The minimum atomic E-state index is 0.231. The van der Waals surface area contributed by atoms with Gasteiger partial charge in [-0.25, -0.2) is 0 Å². The van der Waals surface area contributed by atoms with Crippen molar-refractivity contribution in [3.8, 4) is 11.8 Å². The number of nitriles is 1. The second-order valence-electron chi connectivity index (χ2n) is 7.65. The zero-order valence-electron chi connectivity index (χ0n) is 18.5. The zero-order valence-corrected chi connectivity index (χ0v) is 19.3. The molecule has 0 aliphatic rings. The van der Waals surface area contributed by atoms with Crippen LogP contribution in [0.15, 0.2) is 48.5 Å². The molecule has 2 rings (SSSR count). The van der Waals surface area contributed by atoms with Gasteiger partial charge in [0.25, 0.3) is 0 Å². The quantitative estimate of drug-likeness (QED) is 0.227. The van der Waals surface area contributed by atoms with E-state index >= 15 is 0 Å². The lowest BCUT2D eigenvalue weighted by Crippen LogP contribution is -1.97. The van der Waals surface area contributed by atoms with Gasteiger partial charge >= 0.3 is 0 Å². The van der Waals surface area contributed by atoms with Crippen LogP contribution in [0.1, 0.15) is 75.0 Å². The smallest absolute Gasteiger partial charge is 0.185 e. The van der Waals surface area contributed by atoms with Crippen LogP contribution in [0.2, 0.25) is 0 Å². The van der Waals surface area contributed by atoms with Crippen LogP contribution < -0.4 is 4.74 Å². The van der Waals surface area contributed by atoms with Gasteiger partial charge < -0.3 is 4.74 Å². The maximum absolute atomic E-state index is 10.8. The summed E-state index contributed by atoms with van der Waals surface area (Å²) in [6, 6.07) is 17.8. The Hall–Kier alpha value is -2.51. The van der Waals surface area contributed by atoms with E-state index in [0.717, 1.165) is 42.1 Å². The molecule has 0 saturated heterocycles. The van der Waals surface area contributed by atoms with Crippen molar-refractivity contribution in [2.24, 2.45) is 0 Å². The Morgan fingerprint density at radius 3 is 1.90 bits per heavy atom. The Morgan fingerprint density at radius 1 is 0.839 bits per heavy atom. The van der Waals surface area contributed by atoms with Gasteiger partial charge in [-0.05, 0) is 48.2 Å². The fourth-order valence-corrected chi connectivity index (χ4v) is 3.84. The summed E-state index contributed by atoms with van der Waals surface area (Å²) in [6.45, 7) is 2.41. The molecule has 0 bridgehead atoms. The maximum Gasteiger partial charge on any atom is 0.185 e. The monoisotopic (exact) mass is 435 g/mol. The number of hydrogen-bond acceptors (Lipinski definition) is 4. The molecular formula is C27H33NO2S. The Bertz CT molecular complexity index is 835. The molecule has 2 aromatic carbocycles. The van der Waals surface area contributed by atoms with Crippen LogP contribution in [-0.4, -0.2) is 17.5 Å². The summed E-state index contributed by atoms with van der Waals surface area (Å²) in [4.78, 5) is 10.8. The van der Waals surface area contributed by atoms with E-state index in [1.54, 1.807) is 6.92 Å². The molecular weight excluding hydrogens is 402 g/mol. The van der Waals surface area contributed by atoms with E-state index in [2.05, 4.69) is 24.3 Å². The molecule has 3 nitrogen and oxygen atoms in total. The average molecular weight is 436 g/mol. The van der Waals surface area contributed by atoms with Gasteiger partial charge in [-0.15, -0.1) is 0 Å². The summed E-state index contributed by atoms with van der Waals surface area (Å²) in [5.74, 6) is 1.89. The van der Waals surface area contributed by atoms with Crippen LogP contribution in [0.4, 0.5) is 0 Å². The van der Waals surface area contributed by atoms with Crippen molar-refractivity contribution in [1.82, 2.24) is 0 Å². The van der Waals surface area contributed by atoms with Gasteiger partial charge in [0, 0.05) is 12.7 Å². The highest BCUT2D eigenvalue weighted by Gasteiger charge is 1.97. The molecule has 0 aromatic heterocycles. The average Bonchev–Trinajstić information content (AvgIpc) is 2.79. The van der Waals surface area contributed by atoms with Crippen molar-refractivity contribution in [1.29, 1.82) is 5.26 Å². The number of unbranched alkanes of at least 4 members (excludes halogenated alkanes) is 7. The normalized spacial score (nSPS) is 10.8. The fraction of sp³-hybridized carbons (Fsp3) is 0.407. The predicted octanol–water partition coefficient (Wildman–Crippen LogP) is 7.51. The standard InChI is InChI=1S/C27H33NO2S/c1-23(29)31-21-9-7-5-3-2-4-6-8-20-30-27-18-16-25(17-19-27)11-10-24-12-14-26(22-28)15-13-24/h10-19H,2-9,20-21H2,1H3/b11-10-. The van der Waals surface area contributed by atoms with Gasteiger partial charge in [-0.1, -0.05) is 86.7 Å². The Balaban J connectivity index is 1.52. The third-order valence-corrected chi connectivity index (χ3v) is 5.90. The maximum atomic E-state index is 10.8. The third kappa shape index (κ3) is 11.5. The summed E-state index contributed by atoms with van der Waals surface area (Å²) in [7, 11) is 0. The van der Waals surface area contributed by atoms with E-state index in [1.807, 2.05) is 42.5 Å². The molecule has 0 spiro atoms. The van der Waals surface area contributed by atoms with E-state index in [1.165, 1.54) is 50.3 Å². The van der Waals surface area contributed by atoms with Gasteiger partial charge in [-0.2, -0.15) is 5.26 Å². The van der Waals surface area contributed by atoms with E-state index in [9.17, 15) is 4.79 Å². The molecule has 0 heterocycles. The van der Waals surface area contributed by atoms with E-state index < -0.39 is 0 Å². The molecule has 4 heteroatoms. The highest BCUT2D eigenvalue weighted by molar-refractivity contribution is 8.13. The number of nitrogens with zero attached hydrogens (tertiary/aromatic N) is 1. The number of carbonyl (C=O) groups is 1. The number of benzene rings is 2. The molecule has 164 valence electrons. The highest BCUT2D eigenvalue weighted by atomic mass is 32.2. The zero-order chi connectivity index (χ0) is 22.2.